The fourth-order valence-electron chi connectivity index (χ4n) is 1.62. The second kappa shape index (κ2) is 4.42. The Bertz CT molecular complexity index is 161. The third kappa shape index (κ3) is 2.46. The Kier molecular flexibility index (Phi) is 3.49. The van der Waals surface area contributed by atoms with Crippen molar-refractivity contribution < 1.29 is 9.90 Å². The molecule has 0 aromatic rings. The van der Waals surface area contributed by atoms with Gasteiger partial charge >= 0.3 is 5.97 Å². The Balaban J connectivity index is 2.41. The molecule has 1 fully saturated rings. The van der Waals surface area contributed by atoms with Gasteiger partial charge in [-0.05, 0) is 6.54 Å². The van der Waals surface area contributed by atoms with Crippen LogP contribution in [0.5, 0.6) is 0 Å². The van der Waals surface area contributed by atoms with Crippen molar-refractivity contribution in [2.24, 2.45) is 0 Å². The monoisotopic (exact) mass is 172 g/mol. The van der Waals surface area contributed by atoms with E-state index in [2.05, 4.69) is 17.1 Å². The van der Waals surface area contributed by atoms with E-state index in [9.17, 15) is 4.79 Å². The van der Waals surface area contributed by atoms with Crippen LogP contribution < -0.4 is 5.32 Å². The van der Waals surface area contributed by atoms with Crippen LogP contribution >= 0.6 is 0 Å². The van der Waals surface area contributed by atoms with Gasteiger partial charge in [-0.15, -0.1) is 0 Å². The molecule has 0 amide bonds. The van der Waals surface area contributed by atoms with Crippen molar-refractivity contribution in [2.45, 2.75) is 19.4 Å². The van der Waals surface area contributed by atoms with Gasteiger partial charge in [-0.1, -0.05) is 6.92 Å². The summed E-state index contributed by atoms with van der Waals surface area (Å²) in [7, 11) is 0. The molecule has 0 saturated carbocycles. The summed E-state index contributed by atoms with van der Waals surface area (Å²) in [6.45, 7) is 5.76. The van der Waals surface area contributed by atoms with Gasteiger partial charge in [0, 0.05) is 25.7 Å². The lowest BCUT2D eigenvalue weighted by atomic mass is 10.1. The van der Waals surface area contributed by atoms with Gasteiger partial charge in [0.05, 0.1) is 6.42 Å². The second-order valence-electron chi connectivity index (χ2n) is 3.08. The molecule has 70 valence electrons. The normalized spacial score (nSPS) is 25.6. The summed E-state index contributed by atoms with van der Waals surface area (Å²) in [6.07, 6.45) is 0.251. The van der Waals surface area contributed by atoms with Crippen molar-refractivity contribution in [1.82, 2.24) is 10.2 Å². The average molecular weight is 172 g/mol. The zero-order chi connectivity index (χ0) is 8.97. The van der Waals surface area contributed by atoms with E-state index in [0.29, 0.717) is 0 Å². The van der Waals surface area contributed by atoms with E-state index in [4.69, 9.17) is 5.11 Å². The van der Waals surface area contributed by atoms with E-state index in [1.807, 2.05) is 0 Å². The molecule has 0 spiro atoms. The SMILES string of the molecule is CCN1CCNCC1CC(=O)O. The Hall–Kier alpha value is -0.610. The molecule has 1 unspecified atom stereocenters. The highest BCUT2D eigenvalue weighted by Crippen LogP contribution is 2.06. The minimum Gasteiger partial charge on any atom is -0.481 e. The van der Waals surface area contributed by atoms with E-state index < -0.39 is 5.97 Å². The van der Waals surface area contributed by atoms with E-state index in [0.717, 1.165) is 26.2 Å². The molecule has 12 heavy (non-hydrogen) atoms. The van der Waals surface area contributed by atoms with E-state index in [1.165, 1.54) is 0 Å². The summed E-state index contributed by atoms with van der Waals surface area (Å²) in [6, 6.07) is 0.182. The molecule has 0 aromatic heterocycles. The summed E-state index contributed by atoms with van der Waals surface area (Å²) in [4.78, 5) is 12.7. The van der Waals surface area contributed by atoms with Gasteiger partial charge in [-0.25, -0.2) is 0 Å². The number of hydrogen-bond donors (Lipinski definition) is 2. The predicted molar refractivity (Wildman–Crippen MR) is 46.2 cm³/mol. The Morgan fingerprint density at radius 2 is 2.50 bits per heavy atom. The van der Waals surface area contributed by atoms with Crippen LogP contribution in [0.2, 0.25) is 0 Å². The molecular weight excluding hydrogens is 156 g/mol. The summed E-state index contributed by atoms with van der Waals surface area (Å²) in [5.41, 5.74) is 0. The Labute approximate surface area is 72.6 Å². The zero-order valence-corrected chi connectivity index (χ0v) is 7.42. The van der Waals surface area contributed by atoms with E-state index in [-0.39, 0.29) is 12.5 Å². The molecule has 0 aliphatic carbocycles. The molecule has 2 N–H and O–H groups in total. The van der Waals surface area contributed by atoms with Gasteiger partial charge < -0.3 is 10.4 Å². The van der Waals surface area contributed by atoms with Gasteiger partial charge in [-0.3, -0.25) is 9.69 Å². The molecule has 0 radical (unpaired) electrons. The topological polar surface area (TPSA) is 52.6 Å². The Morgan fingerprint density at radius 3 is 3.08 bits per heavy atom. The fraction of sp³-hybridized carbons (Fsp3) is 0.875. The van der Waals surface area contributed by atoms with Crippen molar-refractivity contribution in [3.05, 3.63) is 0 Å². The molecule has 0 bridgehead atoms. The number of aliphatic carboxylic acids is 1. The Morgan fingerprint density at radius 1 is 1.75 bits per heavy atom. The molecule has 4 nitrogen and oxygen atoms in total. The van der Waals surface area contributed by atoms with Gasteiger partial charge in [0.15, 0.2) is 0 Å². The molecule has 4 heteroatoms. The fourth-order valence-corrected chi connectivity index (χ4v) is 1.62. The molecule has 1 aliphatic heterocycles. The summed E-state index contributed by atoms with van der Waals surface area (Å²) >= 11 is 0. The van der Waals surface area contributed by atoms with Crippen molar-refractivity contribution in [2.75, 3.05) is 26.2 Å². The number of carboxylic acids is 1. The first-order valence-corrected chi connectivity index (χ1v) is 4.40. The first-order valence-electron chi connectivity index (χ1n) is 4.40. The molecule has 1 aliphatic rings. The standard InChI is InChI=1S/C8H16N2O2/c1-2-10-4-3-9-6-7(10)5-8(11)12/h7,9H,2-6H2,1H3,(H,11,12). The smallest absolute Gasteiger partial charge is 0.304 e. The maximum absolute atomic E-state index is 10.5. The van der Waals surface area contributed by atoms with Gasteiger partial charge in [0.2, 0.25) is 0 Å². The van der Waals surface area contributed by atoms with Crippen molar-refractivity contribution in [3.63, 3.8) is 0 Å². The number of carbonyl (C=O) groups is 1. The molecule has 1 rings (SSSR count). The van der Waals surface area contributed by atoms with Crippen molar-refractivity contribution >= 4 is 5.97 Å². The van der Waals surface area contributed by atoms with Gasteiger partial charge in [0.25, 0.3) is 0 Å². The maximum Gasteiger partial charge on any atom is 0.304 e. The lowest BCUT2D eigenvalue weighted by Gasteiger charge is -2.34. The van der Waals surface area contributed by atoms with Crippen LogP contribution in [-0.4, -0.2) is 48.2 Å². The van der Waals surface area contributed by atoms with Crippen molar-refractivity contribution in [1.29, 1.82) is 0 Å². The third-order valence-electron chi connectivity index (χ3n) is 2.29. The number of nitrogens with zero attached hydrogens (tertiary/aromatic N) is 1. The van der Waals surface area contributed by atoms with Crippen LogP contribution in [0.1, 0.15) is 13.3 Å². The lowest BCUT2D eigenvalue weighted by molar-refractivity contribution is -0.138. The quantitative estimate of drug-likeness (QED) is 0.616. The van der Waals surface area contributed by atoms with E-state index in [1.54, 1.807) is 0 Å². The second-order valence-corrected chi connectivity index (χ2v) is 3.08. The van der Waals surface area contributed by atoms with Gasteiger partial charge in [-0.2, -0.15) is 0 Å². The van der Waals surface area contributed by atoms with Crippen LogP contribution in [0.15, 0.2) is 0 Å². The molecular formula is C8H16N2O2. The van der Waals surface area contributed by atoms with Crippen LogP contribution in [0, 0.1) is 0 Å². The number of nitrogens with one attached hydrogen (secondary N) is 1. The van der Waals surface area contributed by atoms with Crippen molar-refractivity contribution in [3.8, 4) is 0 Å². The number of carboxylic acid groups (broad SMARTS) is 1. The number of hydrogen-bond acceptors (Lipinski definition) is 3. The highest BCUT2D eigenvalue weighted by molar-refractivity contribution is 5.67. The number of piperazine rings is 1. The van der Waals surface area contributed by atoms with Crippen LogP contribution in [0.25, 0.3) is 0 Å². The molecule has 1 heterocycles. The summed E-state index contributed by atoms with van der Waals surface area (Å²) in [5.74, 6) is -0.706. The third-order valence-corrected chi connectivity index (χ3v) is 2.29. The minimum absolute atomic E-state index is 0.182. The number of rotatable bonds is 3. The lowest BCUT2D eigenvalue weighted by Crippen LogP contribution is -2.51. The van der Waals surface area contributed by atoms with E-state index >= 15 is 0 Å². The summed E-state index contributed by atoms with van der Waals surface area (Å²) in [5, 5.41) is 11.8. The van der Waals surface area contributed by atoms with Crippen LogP contribution in [-0.2, 0) is 4.79 Å². The minimum atomic E-state index is -0.706. The molecule has 0 aromatic carbocycles. The maximum atomic E-state index is 10.5. The van der Waals surface area contributed by atoms with Crippen LogP contribution in [0.3, 0.4) is 0 Å². The molecule has 1 atom stereocenters. The first-order chi connectivity index (χ1) is 5.74. The largest absolute Gasteiger partial charge is 0.481 e. The average Bonchev–Trinajstić information content (AvgIpc) is 2.04. The highest BCUT2D eigenvalue weighted by Gasteiger charge is 2.22. The molecule has 1 saturated heterocycles. The zero-order valence-electron chi connectivity index (χ0n) is 7.42. The highest BCUT2D eigenvalue weighted by atomic mass is 16.4. The summed E-state index contributed by atoms with van der Waals surface area (Å²) < 4.78 is 0. The first kappa shape index (κ1) is 9.48. The number of likely N-dealkylation sites (N-methyl/N-ethyl adjacent to an activating group) is 1. The predicted octanol–water partition coefficient (Wildman–Crippen LogP) is -0.245. The van der Waals surface area contributed by atoms with Crippen LogP contribution in [0.4, 0.5) is 0 Å². The van der Waals surface area contributed by atoms with Gasteiger partial charge in [0.1, 0.15) is 0 Å².